The first-order valence-corrected chi connectivity index (χ1v) is 8.90. The number of carbonyl (C=O) groups excluding carboxylic acids is 2. The van der Waals surface area contributed by atoms with Gasteiger partial charge in [0.05, 0.1) is 6.67 Å². The summed E-state index contributed by atoms with van der Waals surface area (Å²) in [5.41, 5.74) is 3.23. The van der Waals surface area contributed by atoms with Gasteiger partial charge in [0, 0.05) is 6.42 Å². The number of hydrogen-bond acceptors (Lipinski definition) is 3. The van der Waals surface area contributed by atoms with Gasteiger partial charge < -0.3 is 0 Å². The van der Waals surface area contributed by atoms with Gasteiger partial charge in [-0.25, -0.2) is 0 Å². The number of benzene rings is 2. The van der Waals surface area contributed by atoms with Gasteiger partial charge in [0.15, 0.2) is 0 Å². The third-order valence-corrected chi connectivity index (χ3v) is 5.63. The Labute approximate surface area is 148 Å². The smallest absolute Gasteiger partial charge is 0.245 e. The summed E-state index contributed by atoms with van der Waals surface area (Å²) in [5, 5.41) is 0. The van der Waals surface area contributed by atoms with Crippen molar-refractivity contribution in [3.63, 3.8) is 0 Å². The maximum absolute atomic E-state index is 13.5. The standard InChI is InChI=1S/C21H22N2O2/c1-3-22(4-2)14-23-19(24)13-21(20(23)25)17-11-7-5-9-15(17)16-10-6-8-12-18(16)21/h5-12H,3-4,13-14H2,1-2H3. The van der Waals surface area contributed by atoms with Crippen LogP contribution in [0.4, 0.5) is 0 Å². The molecule has 0 saturated carbocycles. The van der Waals surface area contributed by atoms with Crippen molar-refractivity contribution >= 4 is 11.8 Å². The molecule has 1 aliphatic carbocycles. The fourth-order valence-electron chi connectivity index (χ4n) is 4.25. The van der Waals surface area contributed by atoms with Gasteiger partial charge in [0.25, 0.3) is 0 Å². The molecule has 0 aromatic heterocycles. The van der Waals surface area contributed by atoms with Crippen LogP contribution in [0.1, 0.15) is 31.4 Å². The maximum atomic E-state index is 13.5. The van der Waals surface area contributed by atoms with Crippen molar-refractivity contribution in [3.05, 3.63) is 59.7 Å². The number of fused-ring (bicyclic) bond motifs is 5. The monoisotopic (exact) mass is 334 g/mol. The van der Waals surface area contributed by atoms with Crippen LogP contribution in [0.2, 0.25) is 0 Å². The third kappa shape index (κ3) is 2.10. The van der Waals surface area contributed by atoms with Crippen molar-refractivity contribution in [1.82, 2.24) is 9.80 Å². The van der Waals surface area contributed by atoms with E-state index >= 15 is 0 Å². The van der Waals surface area contributed by atoms with E-state index in [0.717, 1.165) is 35.3 Å². The van der Waals surface area contributed by atoms with Crippen molar-refractivity contribution in [3.8, 4) is 11.1 Å². The number of imide groups is 1. The Morgan fingerprint density at radius 3 is 1.96 bits per heavy atom. The Morgan fingerprint density at radius 2 is 1.44 bits per heavy atom. The average molecular weight is 334 g/mol. The lowest BCUT2D eigenvalue weighted by Crippen LogP contribution is -2.44. The van der Waals surface area contributed by atoms with Gasteiger partial charge in [-0.15, -0.1) is 0 Å². The van der Waals surface area contributed by atoms with Crippen molar-refractivity contribution in [2.24, 2.45) is 0 Å². The number of amides is 2. The van der Waals surface area contributed by atoms with E-state index in [1.807, 2.05) is 62.4 Å². The van der Waals surface area contributed by atoms with Gasteiger partial charge in [-0.3, -0.25) is 19.4 Å². The molecule has 1 heterocycles. The minimum atomic E-state index is -0.850. The van der Waals surface area contributed by atoms with Gasteiger partial charge in [-0.05, 0) is 35.3 Å². The minimum absolute atomic E-state index is 0.0802. The molecule has 1 fully saturated rings. The number of rotatable bonds is 4. The summed E-state index contributed by atoms with van der Waals surface area (Å²) < 4.78 is 0. The van der Waals surface area contributed by atoms with Crippen LogP contribution in [-0.4, -0.2) is 41.4 Å². The molecule has 25 heavy (non-hydrogen) atoms. The molecule has 4 rings (SSSR count). The molecule has 128 valence electrons. The van der Waals surface area contributed by atoms with E-state index < -0.39 is 5.41 Å². The lowest BCUT2D eigenvalue weighted by Gasteiger charge is -2.27. The molecule has 1 aliphatic heterocycles. The van der Waals surface area contributed by atoms with Crippen molar-refractivity contribution < 1.29 is 9.59 Å². The van der Waals surface area contributed by atoms with Crippen LogP contribution < -0.4 is 0 Å². The first-order valence-electron chi connectivity index (χ1n) is 8.90. The molecule has 2 aromatic rings. The van der Waals surface area contributed by atoms with E-state index in [-0.39, 0.29) is 18.2 Å². The first-order chi connectivity index (χ1) is 12.1. The largest absolute Gasteiger partial charge is 0.286 e. The topological polar surface area (TPSA) is 40.6 Å². The lowest BCUT2D eigenvalue weighted by molar-refractivity contribution is -0.141. The van der Waals surface area contributed by atoms with Crippen molar-refractivity contribution in [2.45, 2.75) is 25.7 Å². The van der Waals surface area contributed by atoms with E-state index in [1.165, 1.54) is 4.90 Å². The quantitative estimate of drug-likeness (QED) is 0.807. The Balaban J connectivity index is 1.85. The van der Waals surface area contributed by atoms with E-state index in [9.17, 15) is 9.59 Å². The molecule has 0 radical (unpaired) electrons. The zero-order chi connectivity index (χ0) is 17.6. The van der Waals surface area contributed by atoms with E-state index in [2.05, 4.69) is 4.90 Å². The number of likely N-dealkylation sites (tertiary alicyclic amines) is 1. The van der Waals surface area contributed by atoms with Crippen molar-refractivity contribution in [2.75, 3.05) is 19.8 Å². The fourth-order valence-corrected chi connectivity index (χ4v) is 4.25. The summed E-state index contributed by atoms with van der Waals surface area (Å²) in [6, 6.07) is 16.0. The van der Waals surface area contributed by atoms with E-state index in [4.69, 9.17) is 0 Å². The summed E-state index contributed by atoms with van der Waals surface area (Å²) in [5.74, 6) is -0.162. The number of hydrogen-bond donors (Lipinski definition) is 0. The molecule has 0 atom stereocenters. The Hall–Kier alpha value is -2.46. The van der Waals surface area contributed by atoms with Crippen LogP contribution >= 0.6 is 0 Å². The highest BCUT2D eigenvalue weighted by atomic mass is 16.2. The van der Waals surface area contributed by atoms with Gasteiger partial charge in [-0.1, -0.05) is 62.4 Å². The Bertz CT molecular complexity index is 809. The molecule has 4 heteroatoms. The second-order valence-electron chi connectivity index (χ2n) is 6.74. The van der Waals surface area contributed by atoms with Crippen LogP contribution in [-0.2, 0) is 15.0 Å². The van der Waals surface area contributed by atoms with Crippen molar-refractivity contribution in [1.29, 1.82) is 0 Å². The second kappa shape index (κ2) is 5.81. The highest BCUT2D eigenvalue weighted by molar-refractivity contribution is 6.14. The molecule has 2 aromatic carbocycles. The number of carbonyl (C=O) groups is 2. The summed E-state index contributed by atoms with van der Waals surface area (Å²) in [4.78, 5) is 29.9. The molecule has 0 N–H and O–H groups in total. The predicted octanol–water partition coefficient (Wildman–Crippen LogP) is 3.01. The molecule has 2 aliphatic rings. The summed E-state index contributed by atoms with van der Waals surface area (Å²) in [6.45, 7) is 6.09. The third-order valence-electron chi connectivity index (χ3n) is 5.63. The Kier molecular flexibility index (Phi) is 3.73. The summed E-state index contributed by atoms with van der Waals surface area (Å²) >= 11 is 0. The molecule has 0 bridgehead atoms. The minimum Gasteiger partial charge on any atom is -0.286 e. The Morgan fingerprint density at radius 1 is 0.920 bits per heavy atom. The predicted molar refractivity (Wildman–Crippen MR) is 96.9 cm³/mol. The molecule has 1 saturated heterocycles. The molecular formula is C21H22N2O2. The van der Waals surface area contributed by atoms with E-state index in [0.29, 0.717) is 6.67 Å². The van der Waals surface area contributed by atoms with Crippen LogP contribution in [0.5, 0.6) is 0 Å². The summed E-state index contributed by atoms with van der Waals surface area (Å²) in [7, 11) is 0. The normalized spacial score (nSPS) is 17.5. The molecule has 4 nitrogen and oxygen atoms in total. The highest BCUT2D eigenvalue weighted by Gasteiger charge is 2.58. The second-order valence-corrected chi connectivity index (χ2v) is 6.74. The van der Waals surface area contributed by atoms with Crippen LogP contribution in [0.15, 0.2) is 48.5 Å². The van der Waals surface area contributed by atoms with Gasteiger partial charge in [0.1, 0.15) is 5.41 Å². The molecule has 1 spiro atoms. The zero-order valence-electron chi connectivity index (χ0n) is 14.7. The molecule has 2 amide bonds. The first kappa shape index (κ1) is 16.0. The van der Waals surface area contributed by atoms with E-state index in [1.54, 1.807) is 0 Å². The van der Waals surface area contributed by atoms with Gasteiger partial charge in [-0.2, -0.15) is 0 Å². The van der Waals surface area contributed by atoms with Gasteiger partial charge in [0.2, 0.25) is 11.8 Å². The van der Waals surface area contributed by atoms with Gasteiger partial charge >= 0.3 is 0 Å². The van der Waals surface area contributed by atoms with Crippen LogP contribution in [0.3, 0.4) is 0 Å². The summed E-state index contributed by atoms with van der Waals surface area (Å²) in [6.07, 6.45) is 0.223. The maximum Gasteiger partial charge on any atom is 0.245 e. The zero-order valence-corrected chi connectivity index (χ0v) is 14.7. The van der Waals surface area contributed by atoms with Crippen LogP contribution in [0, 0.1) is 0 Å². The average Bonchev–Trinajstić information content (AvgIpc) is 3.07. The number of nitrogens with zero attached hydrogens (tertiary/aromatic N) is 2. The molecule has 0 unspecified atom stereocenters. The van der Waals surface area contributed by atoms with Crippen LogP contribution in [0.25, 0.3) is 11.1 Å². The highest BCUT2D eigenvalue weighted by Crippen LogP contribution is 2.54. The lowest BCUT2D eigenvalue weighted by atomic mass is 9.77. The SMILES string of the molecule is CCN(CC)CN1C(=O)CC2(C1=O)c1ccccc1-c1ccccc12. The molecular weight excluding hydrogens is 312 g/mol. The fraction of sp³-hybridized carbons (Fsp3) is 0.333.